The van der Waals surface area contributed by atoms with Gasteiger partial charge < -0.3 is 5.11 Å². The monoisotopic (exact) mass is 176 g/mol. The Hall–Kier alpha value is -1.84. The molecule has 0 atom stereocenters. The van der Waals surface area contributed by atoms with Gasteiger partial charge in [0, 0.05) is 12.4 Å². The molecule has 0 fully saturated rings. The van der Waals surface area contributed by atoms with Gasteiger partial charge in [-0.15, -0.1) is 0 Å². The topological polar surface area (TPSA) is 55.1 Å². The zero-order valence-electron chi connectivity index (χ0n) is 7.06. The van der Waals surface area contributed by atoms with Crippen LogP contribution in [0, 0.1) is 0 Å². The molecule has 66 valence electrons. The zero-order valence-corrected chi connectivity index (χ0v) is 7.06. The van der Waals surface area contributed by atoms with E-state index in [1.807, 2.05) is 0 Å². The van der Waals surface area contributed by atoms with Gasteiger partial charge >= 0.3 is 0 Å². The Morgan fingerprint density at radius 3 is 3.00 bits per heavy atom. The summed E-state index contributed by atoms with van der Waals surface area (Å²) in [5, 5.41) is 13.9. The third kappa shape index (κ3) is 1.07. The predicted octanol–water partition coefficient (Wildman–Crippen LogP) is 1.09. The zero-order chi connectivity index (χ0) is 9.42. The predicted molar refractivity (Wildman–Crippen MR) is 47.8 cm³/mol. The van der Waals surface area contributed by atoms with Gasteiger partial charge in [-0.3, -0.25) is 9.48 Å². The molecule has 4 heteroatoms. The number of phenols is 1. The van der Waals surface area contributed by atoms with Gasteiger partial charge in [-0.1, -0.05) is 0 Å². The van der Waals surface area contributed by atoms with Crippen molar-refractivity contribution < 1.29 is 9.90 Å². The minimum Gasteiger partial charge on any atom is -0.508 e. The molecule has 0 spiro atoms. The second kappa shape index (κ2) is 2.58. The first kappa shape index (κ1) is 7.79. The largest absolute Gasteiger partial charge is 0.508 e. The number of phenolic OH excluding ortho intramolecular Hbond substituents is 1. The lowest BCUT2D eigenvalue weighted by atomic mass is 10.2. The van der Waals surface area contributed by atoms with Crippen LogP contribution in [-0.4, -0.2) is 21.2 Å². The molecule has 13 heavy (non-hydrogen) atoms. The molecule has 0 aliphatic rings. The summed E-state index contributed by atoms with van der Waals surface area (Å²) in [7, 11) is 1.76. The molecule has 2 aromatic rings. The number of carbonyl (C=O) groups excluding carboxylic acids is 1. The minimum absolute atomic E-state index is 0.142. The maximum Gasteiger partial charge on any atom is 0.170 e. The van der Waals surface area contributed by atoms with Gasteiger partial charge in [0.25, 0.3) is 0 Å². The van der Waals surface area contributed by atoms with Crippen LogP contribution in [0.4, 0.5) is 0 Å². The maximum atomic E-state index is 10.6. The van der Waals surface area contributed by atoms with E-state index in [0.29, 0.717) is 17.4 Å². The fourth-order valence-electron chi connectivity index (χ4n) is 1.37. The smallest absolute Gasteiger partial charge is 0.170 e. The lowest BCUT2D eigenvalue weighted by Crippen LogP contribution is -1.90. The van der Waals surface area contributed by atoms with Crippen LogP contribution in [0.5, 0.6) is 5.75 Å². The van der Waals surface area contributed by atoms with Crippen LogP contribution in [0.15, 0.2) is 18.2 Å². The first-order valence-electron chi connectivity index (χ1n) is 3.83. The highest BCUT2D eigenvalue weighted by Crippen LogP contribution is 2.21. The molecule has 4 nitrogen and oxygen atoms in total. The van der Waals surface area contributed by atoms with Crippen molar-refractivity contribution in [3.63, 3.8) is 0 Å². The molecule has 1 aromatic heterocycles. The Balaban J connectivity index is 2.89. The Morgan fingerprint density at radius 1 is 1.54 bits per heavy atom. The molecule has 2 rings (SSSR count). The third-order valence-electron chi connectivity index (χ3n) is 1.97. The summed E-state index contributed by atoms with van der Waals surface area (Å²) < 4.78 is 1.61. The minimum atomic E-state index is 0.142. The number of benzene rings is 1. The molecule has 0 amide bonds. The summed E-state index contributed by atoms with van der Waals surface area (Å²) in [6.45, 7) is 0. The third-order valence-corrected chi connectivity index (χ3v) is 1.97. The average molecular weight is 176 g/mol. The summed E-state index contributed by atoms with van der Waals surface area (Å²) >= 11 is 0. The number of aldehydes is 1. The summed E-state index contributed by atoms with van der Waals surface area (Å²) in [5.74, 6) is 0.142. The van der Waals surface area contributed by atoms with E-state index in [4.69, 9.17) is 0 Å². The number of hydrogen-bond donors (Lipinski definition) is 1. The van der Waals surface area contributed by atoms with Crippen molar-refractivity contribution in [2.75, 3.05) is 0 Å². The van der Waals surface area contributed by atoms with Crippen LogP contribution < -0.4 is 0 Å². The normalized spacial score (nSPS) is 10.5. The van der Waals surface area contributed by atoms with E-state index in [9.17, 15) is 9.90 Å². The van der Waals surface area contributed by atoms with E-state index < -0.39 is 0 Å². The van der Waals surface area contributed by atoms with Crippen molar-refractivity contribution in [1.82, 2.24) is 9.78 Å². The quantitative estimate of drug-likeness (QED) is 0.662. The second-order valence-electron chi connectivity index (χ2n) is 2.83. The van der Waals surface area contributed by atoms with Gasteiger partial charge in [-0.05, 0) is 18.2 Å². The van der Waals surface area contributed by atoms with Crippen molar-refractivity contribution >= 4 is 17.2 Å². The van der Waals surface area contributed by atoms with Gasteiger partial charge in [-0.25, -0.2) is 0 Å². The summed E-state index contributed by atoms with van der Waals surface area (Å²) in [6, 6.07) is 4.83. The lowest BCUT2D eigenvalue weighted by Gasteiger charge is -1.93. The van der Waals surface area contributed by atoms with Crippen LogP contribution in [0.1, 0.15) is 10.5 Å². The van der Waals surface area contributed by atoms with Gasteiger partial charge in [0.1, 0.15) is 11.4 Å². The van der Waals surface area contributed by atoms with Crippen LogP contribution in [0.3, 0.4) is 0 Å². The number of rotatable bonds is 1. The Bertz CT molecular complexity index is 474. The van der Waals surface area contributed by atoms with E-state index in [1.54, 1.807) is 23.9 Å². The molecule has 0 saturated heterocycles. The van der Waals surface area contributed by atoms with Crippen LogP contribution in [0.25, 0.3) is 10.9 Å². The number of aromatic nitrogens is 2. The maximum absolute atomic E-state index is 10.6. The number of aryl methyl sites for hydroxylation is 1. The average Bonchev–Trinajstić information content (AvgIpc) is 2.42. The van der Waals surface area contributed by atoms with Crippen molar-refractivity contribution in [1.29, 1.82) is 0 Å². The SMILES string of the molecule is Cn1nc(C=O)c2cc(O)ccc21. The number of aromatic hydroxyl groups is 1. The standard InChI is InChI=1S/C9H8N2O2/c1-11-9-3-2-6(13)4-7(9)8(5-12)10-11/h2-5,13H,1H3. The number of fused-ring (bicyclic) bond motifs is 1. The molecule has 1 N–H and O–H groups in total. The van der Waals surface area contributed by atoms with Gasteiger partial charge in [0.15, 0.2) is 6.29 Å². The summed E-state index contributed by atoms with van der Waals surface area (Å²) in [6.07, 6.45) is 0.682. The summed E-state index contributed by atoms with van der Waals surface area (Å²) in [5.41, 5.74) is 1.19. The van der Waals surface area contributed by atoms with Crippen LogP contribution >= 0.6 is 0 Å². The fraction of sp³-hybridized carbons (Fsp3) is 0.111. The molecule has 0 bridgehead atoms. The molecule has 0 aliphatic heterocycles. The lowest BCUT2D eigenvalue weighted by molar-refractivity contribution is 0.112. The Morgan fingerprint density at radius 2 is 2.31 bits per heavy atom. The highest BCUT2D eigenvalue weighted by molar-refractivity contribution is 5.95. The second-order valence-corrected chi connectivity index (χ2v) is 2.83. The summed E-state index contributed by atoms with van der Waals surface area (Å²) in [4.78, 5) is 10.6. The van der Waals surface area contributed by atoms with Crippen molar-refractivity contribution in [2.45, 2.75) is 0 Å². The van der Waals surface area contributed by atoms with Crippen molar-refractivity contribution in [3.8, 4) is 5.75 Å². The number of hydrogen-bond acceptors (Lipinski definition) is 3. The highest BCUT2D eigenvalue weighted by atomic mass is 16.3. The molecule has 0 radical (unpaired) electrons. The van der Waals surface area contributed by atoms with Crippen molar-refractivity contribution in [2.24, 2.45) is 7.05 Å². The Labute approximate surface area is 74.4 Å². The van der Waals surface area contributed by atoms with E-state index in [-0.39, 0.29) is 5.75 Å². The number of nitrogens with zero attached hydrogens (tertiary/aromatic N) is 2. The van der Waals surface area contributed by atoms with E-state index in [1.165, 1.54) is 6.07 Å². The Kier molecular flexibility index (Phi) is 1.55. The molecule has 0 saturated carbocycles. The first-order chi connectivity index (χ1) is 6.22. The first-order valence-corrected chi connectivity index (χ1v) is 3.83. The molecule has 1 aromatic carbocycles. The van der Waals surface area contributed by atoms with Gasteiger partial charge in [-0.2, -0.15) is 5.10 Å². The molecule has 1 heterocycles. The van der Waals surface area contributed by atoms with Gasteiger partial charge in [0.05, 0.1) is 5.52 Å². The molecule has 0 aliphatic carbocycles. The molecule has 0 unspecified atom stereocenters. The van der Waals surface area contributed by atoms with E-state index in [2.05, 4.69) is 5.10 Å². The molecular weight excluding hydrogens is 168 g/mol. The number of carbonyl (C=O) groups is 1. The van der Waals surface area contributed by atoms with Gasteiger partial charge in [0.2, 0.25) is 0 Å². The fourth-order valence-corrected chi connectivity index (χ4v) is 1.37. The van der Waals surface area contributed by atoms with E-state index >= 15 is 0 Å². The molecular formula is C9H8N2O2. The van der Waals surface area contributed by atoms with E-state index in [0.717, 1.165) is 5.52 Å². The van der Waals surface area contributed by atoms with Crippen LogP contribution in [0.2, 0.25) is 0 Å². The highest BCUT2D eigenvalue weighted by Gasteiger charge is 2.07. The van der Waals surface area contributed by atoms with Crippen molar-refractivity contribution in [3.05, 3.63) is 23.9 Å². The van der Waals surface area contributed by atoms with Crippen LogP contribution in [-0.2, 0) is 7.05 Å².